The molecular weight excluding hydrogens is 270 g/mol. The Kier molecular flexibility index (Phi) is 3.17. The molecule has 7 nitrogen and oxygen atoms in total. The molecule has 0 spiro atoms. The molecule has 0 saturated heterocycles. The van der Waals surface area contributed by atoms with E-state index in [1.807, 2.05) is 13.8 Å². The van der Waals surface area contributed by atoms with Crippen molar-refractivity contribution in [3.63, 3.8) is 0 Å². The molecule has 1 atom stereocenters. The van der Waals surface area contributed by atoms with E-state index < -0.39 is 0 Å². The quantitative estimate of drug-likeness (QED) is 0.911. The number of rotatable bonds is 2. The summed E-state index contributed by atoms with van der Waals surface area (Å²) in [5.74, 6) is 0.664. The van der Waals surface area contributed by atoms with Gasteiger partial charge in [0.1, 0.15) is 11.5 Å². The SMILES string of the molecule is CCC1C(=O)N=C(n2nc(-c3ccco3)cc2N)N=C1C. The summed E-state index contributed by atoms with van der Waals surface area (Å²) in [6.07, 6.45) is 2.23. The Bertz CT molecular complexity index is 740. The van der Waals surface area contributed by atoms with Gasteiger partial charge in [-0.25, -0.2) is 4.99 Å². The summed E-state index contributed by atoms with van der Waals surface area (Å²) in [6, 6.07) is 5.20. The molecule has 1 amide bonds. The zero-order valence-corrected chi connectivity index (χ0v) is 11.8. The van der Waals surface area contributed by atoms with E-state index in [1.165, 1.54) is 4.68 Å². The highest BCUT2D eigenvalue weighted by atomic mass is 16.3. The van der Waals surface area contributed by atoms with E-state index >= 15 is 0 Å². The van der Waals surface area contributed by atoms with Crippen LogP contribution in [0.2, 0.25) is 0 Å². The molecule has 3 heterocycles. The molecule has 0 bridgehead atoms. The predicted molar refractivity (Wildman–Crippen MR) is 79.1 cm³/mol. The lowest BCUT2D eigenvalue weighted by Gasteiger charge is -2.16. The van der Waals surface area contributed by atoms with Gasteiger partial charge in [0.15, 0.2) is 5.76 Å². The Balaban J connectivity index is 2.00. The minimum absolute atomic E-state index is 0.192. The second kappa shape index (κ2) is 5.01. The molecule has 1 aliphatic rings. The van der Waals surface area contributed by atoms with Crippen molar-refractivity contribution in [2.45, 2.75) is 20.3 Å². The van der Waals surface area contributed by atoms with Gasteiger partial charge in [0.05, 0.1) is 12.2 Å². The van der Waals surface area contributed by atoms with Crippen LogP contribution < -0.4 is 5.73 Å². The molecular formula is C14H15N5O2. The Morgan fingerprint density at radius 1 is 1.43 bits per heavy atom. The molecule has 2 aromatic heterocycles. The molecule has 0 aromatic carbocycles. The normalized spacial score (nSPS) is 18.6. The van der Waals surface area contributed by atoms with Crippen LogP contribution in [0.4, 0.5) is 5.82 Å². The third kappa shape index (κ3) is 2.26. The summed E-state index contributed by atoms with van der Waals surface area (Å²) in [7, 11) is 0. The number of aromatic nitrogens is 2. The number of hydrogen-bond acceptors (Lipinski definition) is 5. The monoisotopic (exact) mass is 285 g/mol. The van der Waals surface area contributed by atoms with Gasteiger partial charge in [-0.15, -0.1) is 0 Å². The third-order valence-corrected chi connectivity index (χ3v) is 3.40. The van der Waals surface area contributed by atoms with Gasteiger partial charge in [-0.3, -0.25) is 4.79 Å². The summed E-state index contributed by atoms with van der Waals surface area (Å²) in [4.78, 5) is 20.3. The van der Waals surface area contributed by atoms with Crippen molar-refractivity contribution in [3.8, 4) is 11.5 Å². The van der Waals surface area contributed by atoms with E-state index in [2.05, 4.69) is 15.1 Å². The Hall–Kier alpha value is -2.70. The number of nitrogens with zero attached hydrogens (tertiary/aromatic N) is 4. The minimum Gasteiger partial charge on any atom is -0.463 e. The van der Waals surface area contributed by atoms with Gasteiger partial charge < -0.3 is 10.2 Å². The van der Waals surface area contributed by atoms with Crippen molar-refractivity contribution in [2.24, 2.45) is 15.9 Å². The topological polar surface area (TPSA) is 98.8 Å². The summed E-state index contributed by atoms with van der Waals surface area (Å²) < 4.78 is 6.63. The van der Waals surface area contributed by atoms with Crippen molar-refractivity contribution in [1.29, 1.82) is 0 Å². The zero-order valence-electron chi connectivity index (χ0n) is 11.8. The maximum atomic E-state index is 12.0. The van der Waals surface area contributed by atoms with E-state index in [0.717, 1.165) is 5.71 Å². The number of carbonyl (C=O) groups excluding carboxylic acids is 1. The maximum Gasteiger partial charge on any atom is 0.257 e. The van der Waals surface area contributed by atoms with Crippen LogP contribution in [0.3, 0.4) is 0 Å². The highest BCUT2D eigenvalue weighted by Crippen LogP contribution is 2.22. The highest BCUT2D eigenvalue weighted by Gasteiger charge is 2.26. The molecule has 0 radical (unpaired) electrons. The fraction of sp³-hybridized carbons (Fsp3) is 0.286. The standard InChI is InChI=1S/C14H15N5O2/c1-3-9-8(2)16-14(17-13(9)20)19-12(15)7-10(18-19)11-5-4-6-21-11/h4-7,9H,3,15H2,1-2H3. The largest absolute Gasteiger partial charge is 0.463 e. The van der Waals surface area contributed by atoms with Gasteiger partial charge in [-0.1, -0.05) is 6.92 Å². The van der Waals surface area contributed by atoms with Gasteiger partial charge >= 0.3 is 0 Å². The average Bonchev–Trinajstić information content (AvgIpc) is 3.07. The fourth-order valence-electron chi connectivity index (χ4n) is 2.28. The summed E-state index contributed by atoms with van der Waals surface area (Å²) in [5, 5.41) is 4.30. The number of anilines is 1. The lowest BCUT2D eigenvalue weighted by molar-refractivity contribution is -0.119. The van der Waals surface area contributed by atoms with Gasteiger partial charge in [0.2, 0.25) is 0 Å². The van der Waals surface area contributed by atoms with Crippen LogP contribution in [0, 0.1) is 5.92 Å². The highest BCUT2D eigenvalue weighted by molar-refractivity contribution is 6.15. The maximum absolute atomic E-state index is 12.0. The first kappa shape index (κ1) is 13.3. The van der Waals surface area contributed by atoms with Crippen molar-refractivity contribution in [3.05, 3.63) is 24.5 Å². The molecule has 0 aliphatic carbocycles. The molecule has 3 rings (SSSR count). The van der Waals surface area contributed by atoms with Crippen molar-refractivity contribution in [1.82, 2.24) is 9.78 Å². The van der Waals surface area contributed by atoms with E-state index in [-0.39, 0.29) is 17.8 Å². The van der Waals surface area contributed by atoms with Gasteiger partial charge in [-0.05, 0) is 25.5 Å². The second-order valence-electron chi connectivity index (χ2n) is 4.81. The van der Waals surface area contributed by atoms with Crippen LogP contribution >= 0.6 is 0 Å². The molecule has 2 N–H and O–H groups in total. The number of nitrogens with two attached hydrogens (primary N) is 1. The Morgan fingerprint density at radius 3 is 2.86 bits per heavy atom. The van der Waals surface area contributed by atoms with E-state index in [9.17, 15) is 4.79 Å². The zero-order chi connectivity index (χ0) is 15.0. The van der Waals surface area contributed by atoms with Gasteiger partial charge in [-0.2, -0.15) is 14.8 Å². The number of amides is 1. The number of nitrogen functional groups attached to an aromatic ring is 1. The number of carbonyl (C=O) groups is 1. The summed E-state index contributed by atoms with van der Waals surface area (Å²) >= 11 is 0. The first-order chi connectivity index (χ1) is 10.1. The van der Waals surface area contributed by atoms with Crippen LogP contribution in [-0.4, -0.2) is 27.4 Å². The average molecular weight is 285 g/mol. The van der Waals surface area contributed by atoms with E-state index in [1.54, 1.807) is 24.5 Å². The molecule has 108 valence electrons. The van der Waals surface area contributed by atoms with Crippen LogP contribution in [0.5, 0.6) is 0 Å². The fourth-order valence-corrected chi connectivity index (χ4v) is 2.28. The van der Waals surface area contributed by atoms with Crippen LogP contribution in [0.25, 0.3) is 11.5 Å². The molecule has 0 saturated carbocycles. The first-order valence-electron chi connectivity index (χ1n) is 6.67. The molecule has 1 aliphatic heterocycles. The second-order valence-corrected chi connectivity index (χ2v) is 4.81. The molecule has 2 aromatic rings. The lowest BCUT2D eigenvalue weighted by atomic mass is 10.00. The Labute approximate surface area is 121 Å². The Morgan fingerprint density at radius 2 is 2.24 bits per heavy atom. The number of hydrogen-bond donors (Lipinski definition) is 1. The smallest absolute Gasteiger partial charge is 0.257 e. The van der Waals surface area contributed by atoms with Crippen molar-refractivity contribution in [2.75, 3.05) is 5.73 Å². The van der Waals surface area contributed by atoms with Crippen molar-refractivity contribution < 1.29 is 9.21 Å². The molecule has 7 heteroatoms. The van der Waals surface area contributed by atoms with Crippen LogP contribution in [-0.2, 0) is 4.79 Å². The summed E-state index contributed by atoms with van der Waals surface area (Å²) in [5.41, 5.74) is 7.23. The molecule has 1 unspecified atom stereocenters. The van der Waals surface area contributed by atoms with Crippen LogP contribution in [0.1, 0.15) is 20.3 Å². The minimum atomic E-state index is -0.255. The first-order valence-corrected chi connectivity index (χ1v) is 6.67. The lowest BCUT2D eigenvalue weighted by Crippen LogP contribution is -2.29. The molecule has 21 heavy (non-hydrogen) atoms. The van der Waals surface area contributed by atoms with E-state index in [0.29, 0.717) is 23.7 Å². The molecule has 0 fully saturated rings. The van der Waals surface area contributed by atoms with Crippen molar-refractivity contribution >= 4 is 23.4 Å². The van der Waals surface area contributed by atoms with E-state index in [4.69, 9.17) is 10.2 Å². The summed E-state index contributed by atoms with van der Waals surface area (Å²) in [6.45, 7) is 3.74. The predicted octanol–water partition coefficient (Wildman–Crippen LogP) is 1.96. The number of aliphatic imine (C=N–C) groups is 2. The van der Waals surface area contributed by atoms with Gasteiger partial charge in [0.25, 0.3) is 11.9 Å². The number of furan rings is 1. The van der Waals surface area contributed by atoms with Crippen LogP contribution in [0.15, 0.2) is 38.9 Å². The van der Waals surface area contributed by atoms with Gasteiger partial charge in [0, 0.05) is 11.8 Å². The third-order valence-electron chi connectivity index (χ3n) is 3.40.